The van der Waals surface area contributed by atoms with E-state index in [0.29, 0.717) is 18.5 Å². The molecule has 33 heavy (non-hydrogen) atoms. The third-order valence-corrected chi connectivity index (χ3v) is 5.79. The van der Waals surface area contributed by atoms with Gasteiger partial charge in [-0.25, -0.2) is 0 Å². The van der Waals surface area contributed by atoms with Crippen LogP contribution < -0.4 is 10.2 Å². The van der Waals surface area contributed by atoms with Gasteiger partial charge in [-0.1, -0.05) is 54.6 Å². The molecule has 0 radical (unpaired) electrons. The number of para-hydroxylation sites is 1. The number of carbonyl (C=O) groups is 1. The lowest BCUT2D eigenvalue weighted by Crippen LogP contribution is -2.43. The summed E-state index contributed by atoms with van der Waals surface area (Å²) >= 11 is 0. The van der Waals surface area contributed by atoms with E-state index < -0.39 is 6.17 Å². The highest BCUT2D eigenvalue weighted by molar-refractivity contribution is 6.12. The third kappa shape index (κ3) is 3.85. The number of carbonyl (C=O) groups excluding carboxylic acids is 1. The summed E-state index contributed by atoms with van der Waals surface area (Å²) in [6, 6.07) is 27.6. The summed E-state index contributed by atoms with van der Waals surface area (Å²) in [6.07, 6.45) is 1.85. The molecule has 3 aromatic carbocycles. The number of anilines is 2. The van der Waals surface area contributed by atoms with E-state index in [-0.39, 0.29) is 5.91 Å². The summed E-state index contributed by atoms with van der Waals surface area (Å²) in [7, 11) is 0. The standard InChI is InChI=1S/C27H23N5O/c1-19-9-7-12-21(17-19)32-26(29-24-14-6-5-13-22(24)27(32)33)23-18-31(16-8-15-28)30-25(23)20-10-3-2-4-11-20/h2-7,9-14,17-18,26,29H,8,16H2,1H3/t26-/m1/s1. The van der Waals surface area contributed by atoms with Gasteiger partial charge in [0.1, 0.15) is 6.17 Å². The van der Waals surface area contributed by atoms with Crippen molar-refractivity contribution < 1.29 is 4.79 Å². The first-order chi connectivity index (χ1) is 16.2. The number of hydrogen-bond acceptors (Lipinski definition) is 4. The van der Waals surface area contributed by atoms with Crippen LogP contribution in [0.3, 0.4) is 0 Å². The van der Waals surface area contributed by atoms with Crippen LogP contribution in [-0.2, 0) is 6.54 Å². The fourth-order valence-corrected chi connectivity index (χ4v) is 4.25. The van der Waals surface area contributed by atoms with Gasteiger partial charge in [-0.15, -0.1) is 0 Å². The number of aromatic nitrogens is 2. The molecule has 1 aromatic heterocycles. The van der Waals surface area contributed by atoms with E-state index in [9.17, 15) is 4.79 Å². The topological polar surface area (TPSA) is 74.0 Å². The van der Waals surface area contributed by atoms with Gasteiger partial charge >= 0.3 is 0 Å². The molecule has 162 valence electrons. The molecule has 2 heterocycles. The molecule has 5 rings (SSSR count). The summed E-state index contributed by atoms with van der Waals surface area (Å²) in [5, 5.41) is 17.5. The van der Waals surface area contributed by atoms with Crippen molar-refractivity contribution in [3.8, 4) is 17.3 Å². The Hall–Kier alpha value is -4.37. The van der Waals surface area contributed by atoms with Gasteiger partial charge in [0.2, 0.25) is 0 Å². The maximum atomic E-state index is 13.8. The second-order valence-electron chi connectivity index (χ2n) is 8.08. The predicted molar refractivity (Wildman–Crippen MR) is 129 cm³/mol. The lowest BCUT2D eigenvalue weighted by Gasteiger charge is -2.38. The zero-order valence-corrected chi connectivity index (χ0v) is 18.3. The first-order valence-electron chi connectivity index (χ1n) is 10.9. The lowest BCUT2D eigenvalue weighted by atomic mass is 10.00. The van der Waals surface area contributed by atoms with E-state index in [2.05, 4.69) is 11.4 Å². The molecular formula is C27H23N5O. The monoisotopic (exact) mass is 433 g/mol. The largest absolute Gasteiger partial charge is 0.360 e. The van der Waals surface area contributed by atoms with Gasteiger partial charge in [0.05, 0.1) is 30.3 Å². The van der Waals surface area contributed by atoms with Crippen LogP contribution in [0.15, 0.2) is 85.1 Å². The maximum Gasteiger partial charge on any atom is 0.262 e. The minimum absolute atomic E-state index is 0.0660. The van der Waals surface area contributed by atoms with Crippen molar-refractivity contribution in [1.82, 2.24) is 9.78 Å². The molecule has 0 saturated heterocycles. The van der Waals surface area contributed by atoms with Crippen molar-refractivity contribution in [3.05, 3.63) is 102 Å². The fraction of sp³-hybridized carbons (Fsp3) is 0.148. The Morgan fingerprint density at radius 2 is 1.82 bits per heavy atom. The first kappa shape index (κ1) is 20.5. The van der Waals surface area contributed by atoms with E-state index in [1.807, 2.05) is 92.0 Å². The number of benzene rings is 3. The number of aryl methyl sites for hydroxylation is 2. The Balaban J connectivity index is 1.69. The van der Waals surface area contributed by atoms with Crippen LogP contribution in [0.4, 0.5) is 11.4 Å². The maximum absolute atomic E-state index is 13.8. The van der Waals surface area contributed by atoms with E-state index >= 15 is 0 Å². The second kappa shape index (κ2) is 8.64. The molecule has 0 aliphatic carbocycles. The molecule has 0 unspecified atom stereocenters. The van der Waals surface area contributed by atoms with Gasteiger partial charge < -0.3 is 5.32 Å². The van der Waals surface area contributed by atoms with Gasteiger partial charge in [-0.05, 0) is 36.8 Å². The molecule has 1 amide bonds. The van der Waals surface area contributed by atoms with Gasteiger partial charge in [-0.2, -0.15) is 10.4 Å². The Morgan fingerprint density at radius 3 is 2.61 bits per heavy atom. The third-order valence-electron chi connectivity index (χ3n) is 5.79. The summed E-state index contributed by atoms with van der Waals surface area (Å²) in [6.45, 7) is 2.50. The summed E-state index contributed by atoms with van der Waals surface area (Å²) in [5.74, 6) is -0.0660. The van der Waals surface area contributed by atoms with Crippen LogP contribution in [0.25, 0.3) is 11.3 Å². The summed E-state index contributed by atoms with van der Waals surface area (Å²) in [4.78, 5) is 15.6. The Labute approximate surface area is 192 Å². The molecule has 0 bridgehead atoms. The summed E-state index contributed by atoms with van der Waals surface area (Å²) < 4.78 is 1.79. The number of rotatable bonds is 5. The first-order valence-corrected chi connectivity index (χ1v) is 10.9. The zero-order chi connectivity index (χ0) is 22.8. The fourth-order valence-electron chi connectivity index (χ4n) is 4.25. The average Bonchev–Trinajstić information content (AvgIpc) is 3.27. The molecule has 0 fully saturated rings. The van der Waals surface area contributed by atoms with E-state index in [0.717, 1.165) is 33.8 Å². The molecule has 1 atom stereocenters. The number of hydrogen-bond donors (Lipinski definition) is 1. The summed E-state index contributed by atoms with van der Waals surface area (Å²) in [5.41, 5.74) is 5.94. The molecule has 1 N–H and O–H groups in total. The molecule has 1 aliphatic heterocycles. The van der Waals surface area contributed by atoms with Crippen LogP contribution in [0, 0.1) is 18.3 Å². The quantitative estimate of drug-likeness (QED) is 0.448. The highest BCUT2D eigenvalue weighted by Gasteiger charge is 2.36. The Bertz CT molecular complexity index is 1350. The van der Waals surface area contributed by atoms with Crippen molar-refractivity contribution >= 4 is 17.3 Å². The molecular weight excluding hydrogens is 410 g/mol. The van der Waals surface area contributed by atoms with Crippen LogP contribution in [0.1, 0.15) is 34.1 Å². The lowest BCUT2D eigenvalue weighted by molar-refractivity contribution is 0.0975. The van der Waals surface area contributed by atoms with Gasteiger partial charge in [0.15, 0.2) is 0 Å². The molecule has 0 saturated carbocycles. The van der Waals surface area contributed by atoms with Crippen molar-refractivity contribution in [2.24, 2.45) is 0 Å². The Morgan fingerprint density at radius 1 is 1.03 bits per heavy atom. The Kier molecular flexibility index (Phi) is 5.37. The molecule has 1 aliphatic rings. The number of amides is 1. The minimum atomic E-state index is -0.458. The smallest absolute Gasteiger partial charge is 0.262 e. The molecule has 4 aromatic rings. The van der Waals surface area contributed by atoms with Crippen molar-refractivity contribution in [1.29, 1.82) is 5.26 Å². The van der Waals surface area contributed by atoms with Crippen LogP contribution >= 0.6 is 0 Å². The van der Waals surface area contributed by atoms with Crippen LogP contribution in [-0.4, -0.2) is 15.7 Å². The van der Waals surface area contributed by atoms with Gasteiger partial charge in [0, 0.05) is 28.7 Å². The highest BCUT2D eigenvalue weighted by Crippen LogP contribution is 2.39. The van der Waals surface area contributed by atoms with Gasteiger partial charge in [0.25, 0.3) is 5.91 Å². The second-order valence-corrected chi connectivity index (χ2v) is 8.08. The normalized spacial score (nSPS) is 15.0. The number of fused-ring (bicyclic) bond motifs is 1. The number of nitrogens with zero attached hydrogens (tertiary/aromatic N) is 4. The van der Waals surface area contributed by atoms with Crippen LogP contribution in [0.2, 0.25) is 0 Å². The average molecular weight is 434 g/mol. The van der Waals surface area contributed by atoms with E-state index in [1.165, 1.54) is 0 Å². The van der Waals surface area contributed by atoms with Crippen molar-refractivity contribution in [2.45, 2.75) is 26.1 Å². The SMILES string of the molecule is Cc1cccc(N2C(=O)c3ccccc3N[C@H]2c2cn(CCC#N)nc2-c2ccccc2)c1. The molecule has 0 spiro atoms. The molecule has 6 nitrogen and oxygen atoms in total. The van der Waals surface area contributed by atoms with Crippen LogP contribution in [0.5, 0.6) is 0 Å². The highest BCUT2D eigenvalue weighted by atomic mass is 16.2. The van der Waals surface area contributed by atoms with Gasteiger partial charge in [-0.3, -0.25) is 14.4 Å². The minimum Gasteiger partial charge on any atom is -0.360 e. The predicted octanol–water partition coefficient (Wildman–Crippen LogP) is 5.54. The van der Waals surface area contributed by atoms with Crippen molar-refractivity contribution in [3.63, 3.8) is 0 Å². The van der Waals surface area contributed by atoms with Crippen molar-refractivity contribution in [2.75, 3.05) is 10.2 Å². The number of nitriles is 1. The number of nitrogens with one attached hydrogen (secondary N) is 1. The van der Waals surface area contributed by atoms with E-state index in [4.69, 9.17) is 10.4 Å². The van der Waals surface area contributed by atoms with E-state index in [1.54, 1.807) is 9.58 Å². The molecule has 6 heteroatoms. The zero-order valence-electron chi connectivity index (χ0n) is 18.3.